The van der Waals surface area contributed by atoms with Crippen molar-refractivity contribution in [1.82, 2.24) is 9.97 Å². The number of aryl methyl sites for hydroxylation is 2. The number of aromatic nitrogens is 2. The third-order valence-electron chi connectivity index (χ3n) is 5.28. The second-order valence-electron chi connectivity index (χ2n) is 8.01. The second-order valence-corrected chi connectivity index (χ2v) is 9.09. The van der Waals surface area contributed by atoms with Crippen LogP contribution < -0.4 is 16.4 Å². The van der Waals surface area contributed by atoms with Crippen LogP contribution in [0.3, 0.4) is 0 Å². The molecule has 0 spiro atoms. The van der Waals surface area contributed by atoms with Crippen molar-refractivity contribution in [2.75, 3.05) is 16.4 Å². The van der Waals surface area contributed by atoms with Gasteiger partial charge >= 0.3 is 5.97 Å². The molecule has 0 fully saturated rings. The van der Waals surface area contributed by atoms with Gasteiger partial charge in [0.25, 0.3) is 0 Å². The minimum Gasteiger partial charge on any atom is -0.454 e. The third kappa shape index (κ3) is 5.28. The second kappa shape index (κ2) is 9.53. The quantitative estimate of drug-likeness (QED) is 0.383. The van der Waals surface area contributed by atoms with Crippen LogP contribution in [0.15, 0.2) is 18.2 Å². The monoisotopic (exact) mass is 467 g/mol. The van der Waals surface area contributed by atoms with Crippen molar-refractivity contribution in [2.45, 2.75) is 52.6 Å². The topological polar surface area (TPSA) is 136 Å². The molecule has 0 radical (unpaired) electrons. The van der Waals surface area contributed by atoms with Gasteiger partial charge < -0.3 is 21.1 Å². The molecule has 0 saturated carbocycles. The summed E-state index contributed by atoms with van der Waals surface area (Å²) < 4.78 is 5.42. The van der Waals surface area contributed by atoms with Crippen LogP contribution in [0.2, 0.25) is 0 Å². The lowest BCUT2D eigenvalue weighted by molar-refractivity contribution is -0.115. The molecule has 9 nitrogen and oxygen atoms in total. The summed E-state index contributed by atoms with van der Waals surface area (Å²) in [6, 6.07) is 4.51. The number of amides is 2. The van der Waals surface area contributed by atoms with E-state index in [9.17, 15) is 14.4 Å². The first kappa shape index (κ1) is 22.7. The molecule has 0 unspecified atom stereocenters. The molecule has 4 N–H and O–H groups in total. The van der Waals surface area contributed by atoms with Gasteiger partial charge in [-0.2, -0.15) is 0 Å². The van der Waals surface area contributed by atoms with Crippen LogP contribution in [0, 0.1) is 0 Å². The van der Waals surface area contributed by atoms with E-state index < -0.39 is 5.97 Å². The molecule has 0 atom stereocenters. The number of carbonyl (C=O) groups excluding carboxylic acids is 3. The Balaban J connectivity index is 1.54. The van der Waals surface area contributed by atoms with Gasteiger partial charge in [0.1, 0.15) is 10.6 Å². The van der Waals surface area contributed by atoms with Crippen LogP contribution in [-0.4, -0.2) is 27.8 Å². The van der Waals surface area contributed by atoms with E-state index in [4.69, 9.17) is 10.5 Å². The molecule has 0 aliphatic heterocycles. The molecule has 3 aromatic rings. The molecule has 1 aliphatic carbocycles. The van der Waals surface area contributed by atoms with E-state index in [1.165, 1.54) is 42.8 Å². The number of fused-ring (bicyclic) bond motifs is 3. The molecule has 172 valence electrons. The Morgan fingerprint density at radius 3 is 2.33 bits per heavy atom. The fraction of sp³-hybridized carbons (Fsp3) is 0.348. The van der Waals surface area contributed by atoms with Crippen LogP contribution >= 0.6 is 11.3 Å². The van der Waals surface area contributed by atoms with Gasteiger partial charge in [0.05, 0.1) is 10.9 Å². The molecule has 10 heteroatoms. The molecular formula is C23H25N5O4S. The lowest BCUT2D eigenvalue weighted by Crippen LogP contribution is -2.12. The number of nitrogens with zero attached hydrogens (tertiary/aromatic N) is 2. The summed E-state index contributed by atoms with van der Waals surface area (Å²) in [5.74, 6) is -0.518. The highest BCUT2D eigenvalue weighted by Crippen LogP contribution is 2.37. The van der Waals surface area contributed by atoms with Gasteiger partial charge in [-0.05, 0) is 49.4 Å². The first-order valence-electron chi connectivity index (χ1n) is 10.7. The fourth-order valence-corrected chi connectivity index (χ4v) is 5.27. The summed E-state index contributed by atoms with van der Waals surface area (Å²) in [4.78, 5) is 46.7. The lowest BCUT2D eigenvalue weighted by atomic mass is 10.1. The van der Waals surface area contributed by atoms with Crippen molar-refractivity contribution in [3.8, 4) is 0 Å². The van der Waals surface area contributed by atoms with Crippen molar-refractivity contribution in [3.05, 3.63) is 40.0 Å². The van der Waals surface area contributed by atoms with Crippen molar-refractivity contribution >= 4 is 56.5 Å². The average Bonchev–Trinajstić information content (AvgIpc) is 2.92. The van der Waals surface area contributed by atoms with E-state index in [0.29, 0.717) is 23.0 Å². The van der Waals surface area contributed by atoms with Gasteiger partial charge in [-0.15, -0.1) is 11.3 Å². The normalized spacial score (nSPS) is 13.2. The largest absolute Gasteiger partial charge is 0.454 e. The number of nitrogens with one attached hydrogen (secondary N) is 2. The Morgan fingerprint density at radius 2 is 1.67 bits per heavy atom. The van der Waals surface area contributed by atoms with Crippen molar-refractivity contribution in [2.24, 2.45) is 0 Å². The molecule has 0 saturated heterocycles. The number of carbonyl (C=O) groups is 3. The van der Waals surface area contributed by atoms with E-state index >= 15 is 0 Å². The maximum Gasteiger partial charge on any atom is 0.338 e. The summed E-state index contributed by atoms with van der Waals surface area (Å²) in [6.07, 6.45) is 5.52. The molecule has 1 aromatic carbocycles. The third-order valence-corrected chi connectivity index (χ3v) is 6.47. The number of thiophene rings is 1. The summed E-state index contributed by atoms with van der Waals surface area (Å²) >= 11 is 1.64. The fourth-order valence-electron chi connectivity index (χ4n) is 3.98. The van der Waals surface area contributed by atoms with Gasteiger partial charge in [-0.25, -0.2) is 14.8 Å². The van der Waals surface area contributed by atoms with Crippen LogP contribution in [0.1, 0.15) is 59.7 Å². The van der Waals surface area contributed by atoms with Crippen molar-refractivity contribution in [1.29, 1.82) is 0 Å². The van der Waals surface area contributed by atoms with E-state index in [1.54, 1.807) is 17.4 Å². The Hall–Kier alpha value is -3.53. The van der Waals surface area contributed by atoms with Crippen LogP contribution in [0.25, 0.3) is 10.2 Å². The molecule has 4 rings (SSSR count). The average molecular weight is 468 g/mol. The van der Waals surface area contributed by atoms with Crippen molar-refractivity contribution in [3.63, 3.8) is 0 Å². The Bertz CT molecular complexity index is 1220. The SMILES string of the molecule is CC(=O)Nc1cc(NC(C)=O)cc(C(=O)OCc2nc(N)c3c4c(sc3n2)CCCCC4)c1. The number of hydrogen-bond acceptors (Lipinski definition) is 8. The minimum absolute atomic E-state index is 0.151. The predicted octanol–water partition coefficient (Wildman–Crippen LogP) is 3.82. The number of esters is 1. The molecule has 2 amide bonds. The molecule has 2 heterocycles. The Morgan fingerprint density at radius 1 is 1.00 bits per heavy atom. The molecular weight excluding hydrogens is 442 g/mol. The van der Waals surface area contributed by atoms with Gasteiger partial charge in [0.2, 0.25) is 11.8 Å². The maximum atomic E-state index is 12.7. The number of nitrogens with two attached hydrogens (primary N) is 1. The summed E-state index contributed by atoms with van der Waals surface area (Å²) in [5, 5.41) is 6.14. The summed E-state index contributed by atoms with van der Waals surface area (Å²) in [6.45, 7) is 2.55. The van der Waals surface area contributed by atoms with Gasteiger partial charge in [-0.3, -0.25) is 9.59 Å². The zero-order valence-corrected chi connectivity index (χ0v) is 19.3. The van der Waals surface area contributed by atoms with E-state index in [0.717, 1.165) is 35.9 Å². The van der Waals surface area contributed by atoms with E-state index in [1.807, 2.05) is 0 Å². The number of hydrogen-bond donors (Lipinski definition) is 3. The summed E-state index contributed by atoms with van der Waals surface area (Å²) in [5.41, 5.74) is 8.41. The smallest absolute Gasteiger partial charge is 0.338 e. The highest BCUT2D eigenvalue weighted by Gasteiger charge is 2.20. The van der Waals surface area contributed by atoms with Crippen molar-refractivity contribution < 1.29 is 19.1 Å². The Labute approximate surface area is 194 Å². The number of rotatable bonds is 5. The number of anilines is 3. The predicted molar refractivity (Wildman–Crippen MR) is 127 cm³/mol. The van der Waals surface area contributed by atoms with Gasteiger partial charge in [-0.1, -0.05) is 6.42 Å². The van der Waals surface area contributed by atoms with Gasteiger partial charge in [0.15, 0.2) is 12.4 Å². The van der Waals surface area contributed by atoms with E-state index in [2.05, 4.69) is 20.6 Å². The first-order valence-corrected chi connectivity index (χ1v) is 11.6. The molecule has 2 aromatic heterocycles. The number of ether oxygens (including phenoxy) is 1. The zero-order chi connectivity index (χ0) is 23.5. The molecule has 33 heavy (non-hydrogen) atoms. The number of nitrogen functional groups attached to an aromatic ring is 1. The maximum absolute atomic E-state index is 12.7. The highest BCUT2D eigenvalue weighted by atomic mass is 32.1. The molecule has 1 aliphatic rings. The van der Waals surface area contributed by atoms with Gasteiger partial charge in [0, 0.05) is 30.1 Å². The van der Waals surface area contributed by atoms with E-state index in [-0.39, 0.29) is 24.0 Å². The molecule has 0 bridgehead atoms. The first-order chi connectivity index (χ1) is 15.8. The zero-order valence-electron chi connectivity index (χ0n) is 18.5. The van der Waals surface area contributed by atoms with Crippen LogP contribution in [0.4, 0.5) is 17.2 Å². The minimum atomic E-state index is -0.641. The van der Waals surface area contributed by atoms with Crippen LogP contribution in [-0.2, 0) is 33.8 Å². The lowest BCUT2D eigenvalue weighted by Gasteiger charge is -2.11. The Kier molecular flexibility index (Phi) is 6.55. The standard InChI is InChI=1S/C23H25N5O4S/c1-12(29)25-15-8-14(9-16(10-15)26-13(2)30)23(31)32-11-19-27-21(24)20-17-6-4-3-5-7-18(17)33-22(20)28-19/h8-10H,3-7,11H2,1-2H3,(H,25,29)(H,26,30)(H2,24,27,28). The number of benzene rings is 1. The van der Waals surface area contributed by atoms with Crippen LogP contribution in [0.5, 0.6) is 0 Å². The summed E-state index contributed by atoms with van der Waals surface area (Å²) in [7, 11) is 0. The highest BCUT2D eigenvalue weighted by molar-refractivity contribution is 7.19.